The molecule has 0 saturated carbocycles. The van der Waals surface area contributed by atoms with E-state index < -0.39 is 0 Å². The van der Waals surface area contributed by atoms with Crippen molar-refractivity contribution in [2.24, 2.45) is 0 Å². The lowest BCUT2D eigenvalue weighted by atomic mass is 10.1. The number of hydrogen-bond donors (Lipinski definition) is 1. The van der Waals surface area contributed by atoms with Gasteiger partial charge in [0.2, 0.25) is 0 Å². The van der Waals surface area contributed by atoms with Crippen molar-refractivity contribution in [1.82, 2.24) is 4.90 Å². The number of nitrogens with one attached hydrogen (secondary N) is 1. The average Bonchev–Trinajstić information content (AvgIpc) is 2.58. The van der Waals surface area contributed by atoms with E-state index in [1.54, 1.807) is 29.2 Å². The van der Waals surface area contributed by atoms with Gasteiger partial charge in [0, 0.05) is 28.7 Å². The van der Waals surface area contributed by atoms with E-state index in [1.807, 2.05) is 39.0 Å². The van der Waals surface area contributed by atoms with Crippen molar-refractivity contribution in [3.63, 3.8) is 0 Å². The van der Waals surface area contributed by atoms with Crippen LogP contribution in [0, 0.1) is 6.92 Å². The predicted molar refractivity (Wildman–Crippen MR) is 101 cm³/mol. The van der Waals surface area contributed by atoms with Gasteiger partial charge < -0.3 is 10.2 Å². The molecule has 0 heterocycles. The third-order valence-electron chi connectivity index (χ3n) is 3.82. The second-order valence-corrected chi connectivity index (χ2v) is 6.35. The monoisotopic (exact) mass is 388 g/mol. The first-order chi connectivity index (χ1) is 11.5. The zero-order valence-electron chi connectivity index (χ0n) is 14.1. The molecule has 5 heteroatoms. The third-order valence-corrected chi connectivity index (χ3v) is 4.47. The lowest BCUT2D eigenvalue weighted by Gasteiger charge is -2.18. The number of hydrogen-bond acceptors (Lipinski definition) is 2. The van der Waals surface area contributed by atoms with E-state index in [-0.39, 0.29) is 11.8 Å². The zero-order valence-corrected chi connectivity index (χ0v) is 15.7. The van der Waals surface area contributed by atoms with Gasteiger partial charge in [-0.1, -0.05) is 6.07 Å². The first kappa shape index (κ1) is 18.2. The maximum absolute atomic E-state index is 12.4. The number of aryl methyl sites for hydroxylation is 1. The van der Waals surface area contributed by atoms with E-state index in [1.165, 1.54) is 0 Å². The number of halogens is 1. The molecule has 0 aliphatic heterocycles. The molecule has 0 saturated heterocycles. The van der Waals surface area contributed by atoms with Crippen molar-refractivity contribution in [2.75, 3.05) is 18.4 Å². The van der Waals surface area contributed by atoms with Gasteiger partial charge in [0.05, 0.1) is 5.69 Å². The summed E-state index contributed by atoms with van der Waals surface area (Å²) >= 11 is 3.45. The zero-order chi connectivity index (χ0) is 17.7. The van der Waals surface area contributed by atoms with Crippen LogP contribution in [-0.2, 0) is 0 Å². The van der Waals surface area contributed by atoms with Gasteiger partial charge in [0.15, 0.2) is 0 Å². The summed E-state index contributed by atoms with van der Waals surface area (Å²) in [5.41, 5.74) is 2.93. The summed E-state index contributed by atoms with van der Waals surface area (Å²) in [6.45, 7) is 7.21. The Morgan fingerprint density at radius 1 is 1.00 bits per heavy atom. The molecular weight excluding hydrogens is 368 g/mol. The van der Waals surface area contributed by atoms with E-state index in [0.717, 1.165) is 10.0 Å². The van der Waals surface area contributed by atoms with Gasteiger partial charge in [-0.15, -0.1) is 0 Å². The lowest BCUT2D eigenvalue weighted by Crippen LogP contribution is -2.30. The molecule has 2 aromatic carbocycles. The van der Waals surface area contributed by atoms with Crippen LogP contribution in [0.15, 0.2) is 46.9 Å². The molecule has 24 heavy (non-hydrogen) atoms. The Hall–Kier alpha value is -2.14. The van der Waals surface area contributed by atoms with Crippen molar-refractivity contribution >= 4 is 33.4 Å². The summed E-state index contributed by atoms with van der Waals surface area (Å²) in [6, 6.07) is 12.5. The fourth-order valence-corrected chi connectivity index (χ4v) is 2.97. The topological polar surface area (TPSA) is 49.4 Å². The molecular formula is C19H21BrN2O2. The molecule has 0 atom stereocenters. The highest BCUT2D eigenvalue weighted by Crippen LogP contribution is 2.24. The highest BCUT2D eigenvalue weighted by molar-refractivity contribution is 9.10. The Balaban J connectivity index is 2.12. The minimum absolute atomic E-state index is 0.0202. The molecule has 0 aliphatic rings. The smallest absolute Gasteiger partial charge is 0.255 e. The molecule has 4 nitrogen and oxygen atoms in total. The van der Waals surface area contributed by atoms with Gasteiger partial charge in [-0.25, -0.2) is 0 Å². The van der Waals surface area contributed by atoms with Crippen LogP contribution in [0.4, 0.5) is 5.69 Å². The summed E-state index contributed by atoms with van der Waals surface area (Å²) in [5.74, 6) is -0.227. The van der Waals surface area contributed by atoms with Crippen molar-refractivity contribution in [3.8, 4) is 0 Å². The molecule has 2 amide bonds. The maximum atomic E-state index is 12.4. The summed E-state index contributed by atoms with van der Waals surface area (Å²) < 4.78 is 0.837. The van der Waals surface area contributed by atoms with Gasteiger partial charge in [-0.2, -0.15) is 0 Å². The molecule has 0 fully saturated rings. The normalized spacial score (nSPS) is 10.3. The Morgan fingerprint density at radius 3 is 2.12 bits per heavy atom. The average molecular weight is 389 g/mol. The largest absolute Gasteiger partial charge is 0.339 e. The van der Waals surface area contributed by atoms with Crippen LogP contribution in [0.3, 0.4) is 0 Å². The molecule has 0 aliphatic carbocycles. The summed E-state index contributed by atoms with van der Waals surface area (Å²) in [7, 11) is 0. The van der Waals surface area contributed by atoms with Gasteiger partial charge in [-0.3, -0.25) is 9.59 Å². The molecule has 1 N–H and O–H groups in total. The molecule has 0 spiro atoms. The summed E-state index contributed by atoms with van der Waals surface area (Å²) in [6.07, 6.45) is 0. The fourth-order valence-electron chi connectivity index (χ4n) is 2.37. The number of anilines is 1. The fraction of sp³-hybridized carbons (Fsp3) is 0.263. The van der Waals surface area contributed by atoms with Gasteiger partial charge in [0.1, 0.15) is 0 Å². The van der Waals surface area contributed by atoms with Crippen molar-refractivity contribution in [3.05, 3.63) is 63.6 Å². The Kier molecular flexibility index (Phi) is 6.15. The van der Waals surface area contributed by atoms with E-state index in [2.05, 4.69) is 21.2 Å². The van der Waals surface area contributed by atoms with Crippen LogP contribution in [-0.4, -0.2) is 29.8 Å². The van der Waals surface area contributed by atoms with Crippen LogP contribution in [0.25, 0.3) is 0 Å². The number of nitrogens with zero attached hydrogens (tertiary/aromatic N) is 1. The second-order valence-electron chi connectivity index (χ2n) is 5.49. The van der Waals surface area contributed by atoms with Crippen molar-refractivity contribution < 1.29 is 9.59 Å². The van der Waals surface area contributed by atoms with E-state index >= 15 is 0 Å². The molecule has 2 aromatic rings. The highest BCUT2D eigenvalue weighted by atomic mass is 79.9. The Bertz CT molecular complexity index is 738. The first-order valence-corrected chi connectivity index (χ1v) is 8.72. The second kappa shape index (κ2) is 8.11. The Labute approximate surface area is 151 Å². The quantitative estimate of drug-likeness (QED) is 0.819. The van der Waals surface area contributed by atoms with Crippen molar-refractivity contribution in [2.45, 2.75) is 20.8 Å². The van der Waals surface area contributed by atoms with Crippen LogP contribution in [0.2, 0.25) is 0 Å². The molecule has 0 bridgehead atoms. The molecule has 2 rings (SSSR count). The van der Waals surface area contributed by atoms with Gasteiger partial charge >= 0.3 is 0 Å². The van der Waals surface area contributed by atoms with Crippen LogP contribution in [0.5, 0.6) is 0 Å². The maximum Gasteiger partial charge on any atom is 0.255 e. The lowest BCUT2D eigenvalue weighted by molar-refractivity contribution is 0.0772. The number of rotatable bonds is 5. The third kappa shape index (κ3) is 4.23. The predicted octanol–water partition coefficient (Wildman–Crippen LogP) is 4.49. The number of benzene rings is 2. The van der Waals surface area contributed by atoms with Crippen LogP contribution in [0.1, 0.15) is 40.1 Å². The number of carbonyl (C=O) groups is 2. The van der Waals surface area contributed by atoms with E-state index in [4.69, 9.17) is 0 Å². The Morgan fingerprint density at radius 2 is 1.58 bits per heavy atom. The van der Waals surface area contributed by atoms with E-state index in [0.29, 0.717) is 29.9 Å². The minimum atomic E-state index is -0.207. The van der Waals surface area contributed by atoms with Crippen LogP contribution >= 0.6 is 15.9 Å². The van der Waals surface area contributed by atoms with Gasteiger partial charge in [-0.05, 0) is 78.7 Å². The summed E-state index contributed by atoms with van der Waals surface area (Å²) in [4.78, 5) is 26.4. The first-order valence-electron chi connectivity index (χ1n) is 7.93. The number of carbonyl (C=O) groups excluding carboxylic acids is 2. The minimum Gasteiger partial charge on any atom is -0.339 e. The van der Waals surface area contributed by atoms with E-state index in [9.17, 15) is 9.59 Å². The molecule has 126 valence electrons. The molecule has 0 aromatic heterocycles. The molecule has 0 radical (unpaired) electrons. The summed E-state index contributed by atoms with van der Waals surface area (Å²) in [5, 5.41) is 2.87. The molecule has 0 unspecified atom stereocenters. The van der Waals surface area contributed by atoms with Crippen LogP contribution < -0.4 is 5.32 Å². The number of amides is 2. The SMILES string of the molecule is CCN(CC)C(=O)c1ccc(C(=O)Nc2ccc(C)cc2Br)cc1. The standard InChI is InChI=1S/C19H21BrN2O2/c1-4-22(5-2)19(24)15-9-7-14(8-10-15)18(23)21-17-11-6-13(3)12-16(17)20/h6-12H,4-5H2,1-3H3,(H,21,23). The van der Waals surface area contributed by atoms with Gasteiger partial charge in [0.25, 0.3) is 11.8 Å². The highest BCUT2D eigenvalue weighted by Gasteiger charge is 2.14. The van der Waals surface area contributed by atoms with Crippen molar-refractivity contribution in [1.29, 1.82) is 0 Å².